The van der Waals surface area contributed by atoms with Crippen molar-refractivity contribution < 1.29 is 0 Å². The highest BCUT2D eigenvalue weighted by Gasteiger charge is 2.66. The quantitative estimate of drug-likeness (QED) is 0.841. The van der Waals surface area contributed by atoms with E-state index in [4.69, 9.17) is 0 Å². The zero-order valence-electron chi connectivity index (χ0n) is 12.6. The largest absolute Gasteiger partial charge is 0.313 e. The van der Waals surface area contributed by atoms with Crippen molar-refractivity contribution >= 4 is 0 Å². The van der Waals surface area contributed by atoms with E-state index in [0.717, 1.165) is 41.7 Å². The summed E-state index contributed by atoms with van der Waals surface area (Å²) in [5.74, 6) is 5.32. The van der Waals surface area contributed by atoms with E-state index >= 15 is 0 Å². The molecule has 0 amide bonds. The highest BCUT2D eigenvalue weighted by Crippen LogP contribution is 2.67. The first kappa shape index (κ1) is 12.6. The molecule has 1 aliphatic heterocycles. The number of nitrogens with one attached hydrogen (secondary N) is 1. The highest BCUT2D eigenvalue weighted by atomic mass is 15.2. The average Bonchev–Trinajstić information content (AvgIpc) is 2.90. The fourth-order valence-electron chi connectivity index (χ4n) is 5.79. The summed E-state index contributed by atoms with van der Waals surface area (Å²) in [5.41, 5.74) is 0. The summed E-state index contributed by atoms with van der Waals surface area (Å²) in [5, 5.41) is 3.79. The van der Waals surface area contributed by atoms with Gasteiger partial charge in [-0.1, -0.05) is 13.8 Å². The maximum atomic E-state index is 3.79. The third-order valence-corrected chi connectivity index (χ3v) is 6.38. The van der Waals surface area contributed by atoms with Gasteiger partial charge < -0.3 is 5.32 Å². The van der Waals surface area contributed by atoms with Crippen LogP contribution < -0.4 is 5.32 Å². The normalized spacial score (nSPS) is 49.4. The molecule has 2 bridgehead atoms. The molecule has 19 heavy (non-hydrogen) atoms. The number of hydrogen-bond donors (Lipinski definition) is 1. The summed E-state index contributed by atoms with van der Waals surface area (Å²) in [7, 11) is 0. The van der Waals surface area contributed by atoms with Crippen molar-refractivity contribution in [3.05, 3.63) is 0 Å². The van der Waals surface area contributed by atoms with Crippen molar-refractivity contribution in [2.75, 3.05) is 19.6 Å². The summed E-state index contributed by atoms with van der Waals surface area (Å²) in [6.07, 6.45) is 7.42. The summed E-state index contributed by atoms with van der Waals surface area (Å²) in [6, 6.07) is 1.75. The first-order chi connectivity index (χ1) is 9.24. The van der Waals surface area contributed by atoms with E-state index in [1.807, 2.05) is 0 Å². The second-order valence-corrected chi connectivity index (χ2v) is 8.11. The summed E-state index contributed by atoms with van der Waals surface area (Å²) in [6.45, 7) is 8.66. The molecule has 0 aromatic rings. The molecule has 2 heteroatoms. The Morgan fingerprint density at radius 2 is 1.89 bits per heavy atom. The van der Waals surface area contributed by atoms with Gasteiger partial charge in [0.1, 0.15) is 0 Å². The van der Waals surface area contributed by atoms with Gasteiger partial charge >= 0.3 is 0 Å². The van der Waals surface area contributed by atoms with Gasteiger partial charge in [-0.3, -0.25) is 4.90 Å². The van der Waals surface area contributed by atoms with E-state index in [1.165, 1.54) is 32.5 Å². The first-order valence-corrected chi connectivity index (χ1v) is 8.71. The van der Waals surface area contributed by atoms with Gasteiger partial charge in [0.15, 0.2) is 0 Å². The second-order valence-electron chi connectivity index (χ2n) is 8.11. The lowest BCUT2D eigenvalue weighted by Crippen LogP contribution is -2.40. The Bertz CT molecular complexity index is 324. The second kappa shape index (κ2) is 4.73. The fraction of sp³-hybridized carbons (Fsp3) is 1.00. The maximum Gasteiger partial charge on any atom is 0.0197 e. The van der Waals surface area contributed by atoms with E-state index in [-0.39, 0.29) is 0 Å². The third-order valence-electron chi connectivity index (χ3n) is 6.38. The van der Waals surface area contributed by atoms with Gasteiger partial charge in [0.05, 0.1) is 0 Å². The predicted molar refractivity (Wildman–Crippen MR) is 79.0 cm³/mol. The van der Waals surface area contributed by atoms with Crippen LogP contribution in [0.25, 0.3) is 0 Å². The van der Waals surface area contributed by atoms with Crippen molar-refractivity contribution in [3.8, 4) is 0 Å². The topological polar surface area (TPSA) is 15.3 Å². The molecule has 1 saturated heterocycles. The molecule has 0 radical (unpaired) electrons. The van der Waals surface area contributed by atoms with Gasteiger partial charge in [-0.05, 0) is 74.8 Å². The van der Waals surface area contributed by atoms with E-state index in [1.54, 1.807) is 19.3 Å². The zero-order valence-corrected chi connectivity index (χ0v) is 12.6. The van der Waals surface area contributed by atoms with Crippen molar-refractivity contribution in [1.29, 1.82) is 0 Å². The molecule has 1 N–H and O–H groups in total. The van der Waals surface area contributed by atoms with Crippen LogP contribution in [-0.4, -0.2) is 36.6 Å². The van der Waals surface area contributed by atoms with E-state index in [9.17, 15) is 0 Å². The first-order valence-electron chi connectivity index (χ1n) is 8.71. The smallest absolute Gasteiger partial charge is 0.0197 e. The standard InChI is InChI=1S/C17H30N2/c1-11(2)8-14-10-19(7-3-6-18-14)17-15-12-4-5-13(9-12)16(15)17/h11-18H,3-10H2,1-2H3. The van der Waals surface area contributed by atoms with Crippen molar-refractivity contribution in [3.63, 3.8) is 0 Å². The van der Waals surface area contributed by atoms with Gasteiger partial charge in [0, 0.05) is 18.6 Å². The van der Waals surface area contributed by atoms with E-state index in [0.29, 0.717) is 0 Å². The predicted octanol–water partition coefficient (Wildman–Crippen LogP) is 2.74. The van der Waals surface area contributed by atoms with Crippen molar-refractivity contribution in [1.82, 2.24) is 10.2 Å². The Kier molecular flexibility index (Phi) is 3.15. The van der Waals surface area contributed by atoms with Crippen LogP contribution in [0.1, 0.15) is 46.0 Å². The maximum absolute atomic E-state index is 3.79. The molecular weight excluding hydrogens is 232 g/mol. The Morgan fingerprint density at radius 3 is 2.58 bits per heavy atom. The summed E-state index contributed by atoms with van der Waals surface area (Å²) < 4.78 is 0. The van der Waals surface area contributed by atoms with Gasteiger partial charge in [-0.25, -0.2) is 0 Å². The van der Waals surface area contributed by atoms with Crippen LogP contribution in [0.15, 0.2) is 0 Å². The van der Waals surface area contributed by atoms with Crippen LogP contribution in [0.5, 0.6) is 0 Å². The van der Waals surface area contributed by atoms with Gasteiger partial charge in [-0.2, -0.15) is 0 Å². The zero-order chi connectivity index (χ0) is 13.0. The highest BCUT2D eigenvalue weighted by molar-refractivity contribution is 5.17. The molecule has 5 unspecified atom stereocenters. The lowest BCUT2D eigenvalue weighted by Gasteiger charge is -2.27. The van der Waals surface area contributed by atoms with Crippen LogP contribution in [0.3, 0.4) is 0 Å². The minimum atomic E-state index is 0.751. The number of nitrogens with zero attached hydrogens (tertiary/aromatic N) is 1. The van der Waals surface area contributed by atoms with E-state index < -0.39 is 0 Å². The molecule has 1 heterocycles. The Hall–Kier alpha value is -0.0800. The molecule has 0 aromatic heterocycles. The van der Waals surface area contributed by atoms with Crippen LogP contribution >= 0.6 is 0 Å². The van der Waals surface area contributed by atoms with E-state index in [2.05, 4.69) is 24.1 Å². The Labute approximate surface area is 118 Å². The molecule has 3 saturated carbocycles. The fourth-order valence-corrected chi connectivity index (χ4v) is 5.79. The van der Waals surface area contributed by atoms with Gasteiger partial charge in [0.25, 0.3) is 0 Å². The van der Waals surface area contributed by atoms with Crippen molar-refractivity contribution in [2.24, 2.45) is 29.6 Å². The molecule has 5 atom stereocenters. The summed E-state index contributed by atoms with van der Waals surface area (Å²) in [4.78, 5) is 2.90. The number of rotatable bonds is 3. The third kappa shape index (κ3) is 2.15. The lowest BCUT2D eigenvalue weighted by atomic mass is 10.0. The molecule has 4 rings (SSSR count). The summed E-state index contributed by atoms with van der Waals surface area (Å²) >= 11 is 0. The molecule has 4 aliphatic rings. The number of fused-ring (bicyclic) bond motifs is 5. The molecule has 2 nitrogen and oxygen atoms in total. The minimum absolute atomic E-state index is 0.751. The monoisotopic (exact) mass is 262 g/mol. The van der Waals surface area contributed by atoms with Crippen LogP contribution in [0, 0.1) is 29.6 Å². The minimum Gasteiger partial charge on any atom is -0.313 e. The molecule has 4 fully saturated rings. The van der Waals surface area contributed by atoms with Gasteiger partial charge in [0.2, 0.25) is 0 Å². The number of hydrogen-bond acceptors (Lipinski definition) is 2. The molecular formula is C17H30N2. The van der Waals surface area contributed by atoms with Gasteiger partial charge in [-0.15, -0.1) is 0 Å². The molecule has 3 aliphatic carbocycles. The Balaban J connectivity index is 1.41. The SMILES string of the molecule is CC(C)CC1CN(C2C3C4CCC(C4)C32)CCCN1. The van der Waals surface area contributed by atoms with Crippen LogP contribution in [0.2, 0.25) is 0 Å². The van der Waals surface area contributed by atoms with Crippen molar-refractivity contribution in [2.45, 2.75) is 58.0 Å². The lowest BCUT2D eigenvalue weighted by molar-refractivity contribution is 0.208. The van der Waals surface area contributed by atoms with Crippen LogP contribution in [0.4, 0.5) is 0 Å². The molecule has 108 valence electrons. The Morgan fingerprint density at radius 1 is 1.16 bits per heavy atom. The molecule has 0 aromatic carbocycles. The van der Waals surface area contributed by atoms with Crippen LogP contribution in [-0.2, 0) is 0 Å². The average molecular weight is 262 g/mol. The molecule has 0 spiro atoms.